The first-order valence-corrected chi connectivity index (χ1v) is 8.05. The van der Waals surface area contributed by atoms with Gasteiger partial charge in [-0.3, -0.25) is 9.69 Å². The Balaban J connectivity index is 1.88. The maximum Gasteiger partial charge on any atom is 0.225 e. The van der Waals surface area contributed by atoms with E-state index < -0.39 is 0 Å². The van der Waals surface area contributed by atoms with Gasteiger partial charge in [-0.15, -0.1) is 0 Å². The van der Waals surface area contributed by atoms with Crippen molar-refractivity contribution in [1.82, 2.24) is 10.2 Å². The second kappa shape index (κ2) is 7.14. The van der Waals surface area contributed by atoms with Crippen LogP contribution in [0.15, 0.2) is 24.3 Å². The molecule has 1 aliphatic heterocycles. The molecule has 0 bridgehead atoms. The monoisotopic (exact) mass is 304 g/mol. The molecule has 122 valence electrons. The summed E-state index contributed by atoms with van der Waals surface area (Å²) >= 11 is 0. The summed E-state index contributed by atoms with van der Waals surface area (Å²) in [6.45, 7) is 8.81. The lowest BCUT2D eigenvalue weighted by Gasteiger charge is -2.34. The normalized spacial score (nSPS) is 19.7. The highest BCUT2D eigenvalue weighted by atomic mass is 16.5. The molecule has 1 aliphatic rings. The highest BCUT2D eigenvalue weighted by Gasteiger charge is 2.26. The van der Waals surface area contributed by atoms with E-state index in [2.05, 4.69) is 22.3 Å². The topological polar surface area (TPSA) is 41.6 Å². The maximum atomic E-state index is 12.1. The van der Waals surface area contributed by atoms with Crippen molar-refractivity contribution in [3.8, 4) is 5.75 Å². The average molecular weight is 304 g/mol. The molecule has 2 rings (SSSR count). The smallest absolute Gasteiger partial charge is 0.225 e. The molecule has 1 unspecified atom stereocenters. The Kier molecular flexibility index (Phi) is 5.46. The Bertz CT molecular complexity index is 491. The minimum Gasteiger partial charge on any atom is -0.497 e. The van der Waals surface area contributed by atoms with Gasteiger partial charge in [0, 0.05) is 24.5 Å². The Morgan fingerprint density at radius 2 is 2.00 bits per heavy atom. The van der Waals surface area contributed by atoms with Gasteiger partial charge in [0.15, 0.2) is 0 Å². The summed E-state index contributed by atoms with van der Waals surface area (Å²) in [5.74, 6) is 1.03. The van der Waals surface area contributed by atoms with Crippen LogP contribution in [0, 0.1) is 5.41 Å². The summed E-state index contributed by atoms with van der Waals surface area (Å²) in [5.41, 5.74) is 0.960. The third-order valence-electron chi connectivity index (χ3n) is 4.09. The van der Waals surface area contributed by atoms with Crippen LogP contribution in [0.2, 0.25) is 0 Å². The van der Waals surface area contributed by atoms with Crippen molar-refractivity contribution >= 4 is 5.91 Å². The van der Waals surface area contributed by atoms with Gasteiger partial charge in [0.1, 0.15) is 5.75 Å². The molecule has 4 heteroatoms. The van der Waals surface area contributed by atoms with Crippen LogP contribution in [-0.2, 0) is 11.3 Å². The number of nitrogens with one attached hydrogen (secondary N) is 1. The van der Waals surface area contributed by atoms with Gasteiger partial charge in [0.05, 0.1) is 7.11 Å². The maximum absolute atomic E-state index is 12.1. The van der Waals surface area contributed by atoms with Crippen molar-refractivity contribution in [2.45, 2.75) is 46.2 Å². The average Bonchev–Trinajstić information content (AvgIpc) is 2.47. The summed E-state index contributed by atoms with van der Waals surface area (Å²) in [5, 5.41) is 3.19. The van der Waals surface area contributed by atoms with Crippen LogP contribution < -0.4 is 10.1 Å². The number of hydrogen-bond donors (Lipinski definition) is 1. The number of ether oxygens (including phenoxy) is 1. The van der Waals surface area contributed by atoms with Crippen LogP contribution >= 0.6 is 0 Å². The highest BCUT2D eigenvalue weighted by molar-refractivity contribution is 5.81. The predicted molar refractivity (Wildman–Crippen MR) is 88.9 cm³/mol. The summed E-state index contributed by atoms with van der Waals surface area (Å²) < 4.78 is 5.19. The molecule has 22 heavy (non-hydrogen) atoms. The number of carbonyl (C=O) groups is 1. The third kappa shape index (κ3) is 4.73. The quantitative estimate of drug-likeness (QED) is 0.930. The van der Waals surface area contributed by atoms with Gasteiger partial charge in [-0.05, 0) is 37.1 Å². The molecule has 1 aromatic carbocycles. The second-order valence-electron chi connectivity index (χ2n) is 7.15. The molecule has 1 atom stereocenters. The van der Waals surface area contributed by atoms with Gasteiger partial charge in [-0.1, -0.05) is 32.9 Å². The molecule has 0 aliphatic carbocycles. The molecular formula is C18H28N2O2. The summed E-state index contributed by atoms with van der Waals surface area (Å²) in [6, 6.07) is 8.47. The van der Waals surface area contributed by atoms with E-state index in [1.54, 1.807) is 7.11 Å². The largest absolute Gasteiger partial charge is 0.497 e. The van der Waals surface area contributed by atoms with Crippen LogP contribution in [0.25, 0.3) is 0 Å². The van der Waals surface area contributed by atoms with Crippen molar-refractivity contribution < 1.29 is 9.53 Å². The Labute approximate surface area is 133 Å². The van der Waals surface area contributed by atoms with Crippen molar-refractivity contribution in [2.24, 2.45) is 5.41 Å². The fraction of sp³-hybridized carbons (Fsp3) is 0.611. The van der Waals surface area contributed by atoms with Gasteiger partial charge in [0.25, 0.3) is 0 Å². The molecule has 0 spiro atoms. The molecule has 1 heterocycles. The second-order valence-corrected chi connectivity index (χ2v) is 7.15. The van der Waals surface area contributed by atoms with E-state index in [0.717, 1.165) is 38.2 Å². The third-order valence-corrected chi connectivity index (χ3v) is 4.09. The number of rotatable bonds is 4. The zero-order chi connectivity index (χ0) is 16.2. The number of amides is 1. The summed E-state index contributed by atoms with van der Waals surface area (Å²) in [6.07, 6.45) is 2.20. The first-order chi connectivity index (χ1) is 10.4. The lowest BCUT2D eigenvalue weighted by Crippen LogP contribution is -2.50. The molecule has 1 aromatic rings. The fourth-order valence-corrected chi connectivity index (χ4v) is 2.71. The van der Waals surface area contributed by atoms with E-state index in [-0.39, 0.29) is 17.4 Å². The van der Waals surface area contributed by atoms with Gasteiger partial charge < -0.3 is 10.1 Å². The predicted octanol–water partition coefficient (Wildman–Crippen LogP) is 2.82. The van der Waals surface area contributed by atoms with Gasteiger partial charge in [-0.25, -0.2) is 0 Å². The Hall–Kier alpha value is -1.55. The molecule has 1 fully saturated rings. The van der Waals surface area contributed by atoms with Gasteiger partial charge in [-0.2, -0.15) is 0 Å². The molecule has 0 saturated carbocycles. The number of benzene rings is 1. The molecule has 0 aromatic heterocycles. The van der Waals surface area contributed by atoms with Crippen molar-refractivity contribution in [3.63, 3.8) is 0 Å². The van der Waals surface area contributed by atoms with Crippen molar-refractivity contribution in [1.29, 1.82) is 0 Å². The Morgan fingerprint density at radius 3 is 2.59 bits per heavy atom. The SMILES string of the molecule is COc1ccc(CN2CCCC(NC(=O)C(C)(C)C)C2)cc1. The molecule has 0 radical (unpaired) electrons. The molecule has 1 N–H and O–H groups in total. The molecular weight excluding hydrogens is 276 g/mol. The number of methoxy groups -OCH3 is 1. The zero-order valence-electron chi connectivity index (χ0n) is 14.2. The lowest BCUT2D eigenvalue weighted by atomic mass is 9.94. The van der Waals surface area contributed by atoms with Crippen LogP contribution in [0.3, 0.4) is 0 Å². The number of nitrogens with zero attached hydrogens (tertiary/aromatic N) is 1. The zero-order valence-corrected chi connectivity index (χ0v) is 14.2. The molecule has 4 nitrogen and oxygen atoms in total. The van der Waals surface area contributed by atoms with Crippen LogP contribution in [0.5, 0.6) is 5.75 Å². The number of likely N-dealkylation sites (tertiary alicyclic amines) is 1. The number of hydrogen-bond acceptors (Lipinski definition) is 3. The van der Waals surface area contributed by atoms with E-state index in [1.807, 2.05) is 32.9 Å². The first kappa shape index (κ1) is 16.8. The minimum atomic E-state index is -0.321. The van der Waals surface area contributed by atoms with Crippen molar-refractivity contribution in [3.05, 3.63) is 29.8 Å². The van der Waals surface area contributed by atoms with E-state index in [0.29, 0.717) is 0 Å². The minimum absolute atomic E-state index is 0.142. The van der Waals surface area contributed by atoms with E-state index in [1.165, 1.54) is 5.56 Å². The van der Waals surface area contributed by atoms with E-state index in [9.17, 15) is 4.79 Å². The number of piperidine rings is 1. The van der Waals surface area contributed by atoms with Gasteiger partial charge >= 0.3 is 0 Å². The van der Waals surface area contributed by atoms with Crippen molar-refractivity contribution in [2.75, 3.05) is 20.2 Å². The molecule has 1 saturated heterocycles. The lowest BCUT2D eigenvalue weighted by molar-refractivity contribution is -0.129. The van der Waals surface area contributed by atoms with Crippen LogP contribution in [-0.4, -0.2) is 37.0 Å². The molecule has 1 amide bonds. The fourth-order valence-electron chi connectivity index (χ4n) is 2.71. The van der Waals surface area contributed by atoms with E-state index in [4.69, 9.17) is 4.74 Å². The Morgan fingerprint density at radius 1 is 1.32 bits per heavy atom. The van der Waals surface area contributed by atoms with E-state index >= 15 is 0 Å². The number of carbonyl (C=O) groups excluding carboxylic acids is 1. The van der Waals surface area contributed by atoms with Crippen LogP contribution in [0.4, 0.5) is 0 Å². The van der Waals surface area contributed by atoms with Gasteiger partial charge in [0.2, 0.25) is 5.91 Å². The summed E-state index contributed by atoms with van der Waals surface area (Å²) in [4.78, 5) is 14.5. The van der Waals surface area contributed by atoms with Crippen LogP contribution in [0.1, 0.15) is 39.2 Å². The first-order valence-electron chi connectivity index (χ1n) is 8.05. The standard InChI is InChI=1S/C18H28N2O2/c1-18(2,3)17(21)19-15-6-5-11-20(13-15)12-14-7-9-16(22-4)10-8-14/h7-10,15H,5-6,11-13H2,1-4H3,(H,19,21). The highest BCUT2D eigenvalue weighted by Crippen LogP contribution is 2.18. The summed E-state index contributed by atoms with van der Waals surface area (Å²) in [7, 11) is 1.68.